The first-order valence-corrected chi connectivity index (χ1v) is 8.00. The smallest absolute Gasteiger partial charge is 0.316 e. The van der Waals surface area contributed by atoms with Crippen molar-refractivity contribution in [2.75, 3.05) is 11.9 Å². The van der Waals surface area contributed by atoms with E-state index in [1.807, 2.05) is 4.90 Å². The minimum absolute atomic E-state index is 0.0648. The minimum Gasteiger partial charge on any atom is -0.316 e. The number of aromatic nitrogens is 3. The van der Waals surface area contributed by atoms with E-state index < -0.39 is 0 Å². The van der Waals surface area contributed by atoms with Gasteiger partial charge in [-0.15, -0.1) is 0 Å². The SMILES string of the molecule is O=C(Nc1ccncc1)N1CCCCC1c1[nH]ncc1I. The highest BCUT2D eigenvalue weighted by Crippen LogP contribution is 2.32. The third-order valence-electron chi connectivity index (χ3n) is 3.65. The Kier molecular flexibility index (Phi) is 4.37. The monoisotopic (exact) mass is 397 g/mol. The van der Waals surface area contributed by atoms with Gasteiger partial charge in [0.05, 0.1) is 21.5 Å². The number of piperidine rings is 1. The van der Waals surface area contributed by atoms with E-state index in [1.54, 1.807) is 30.7 Å². The normalized spacial score (nSPS) is 18.5. The van der Waals surface area contributed by atoms with Gasteiger partial charge in [-0.05, 0) is 54.0 Å². The number of halogens is 1. The molecule has 3 heterocycles. The average molecular weight is 397 g/mol. The molecule has 1 aliphatic heterocycles. The first-order chi connectivity index (χ1) is 10.3. The zero-order chi connectivity index (χ0) is 14.7. The maximum absolute atomic E-state index is 12.5. The van der Waals surface area contributed by atoms with E-state index in [-0.39, 0.29) is 12.1 Å². The molecule has 2 aromatic heterocycles. The van der Waals surface area contributed by atoms with Gasteiger partial charge in [-0.1, -0.05) is 0 Å². The van der Waals surface area contributed by atoms with Crippen molar-refractivity contribution in [1.29, 1.82) is 0 Å². The molecule has 3 rings (SSSR count). The molecule has 6 nitrogen and oxygen atoms in total. The average Bonchev–Trinajstić information content (AvgIpc) is 2.94. The van der Waals surface area contributed by atoms with Crippen molar-refractivity contribution in [3.05, 3.63) is 40.0 Å². The maximum atomic E-state index is 12.5. The summed E-state index contributed by atoms with van der Waals surface area (Å²) in [5, 5.41) is 10.0. The van der Waals surface area contributed by atoms with Crippen molar-refractivity contribution >= 4 is 34.3 Å². The number of carbonyl (C=O) groups excluding carboxylic acids is 1. The van der Waals surface area contributed by atoms with Crippen LogP contribution in [-0.4, -0.2) is 32.7 Å². The molecular weight excluding hydrogens is 381 g/mol. The fourth-order valence-electron chi connectivity index (χ4n) is 2.62. The second kappa shape index (κ2) is 6.42. The van der Waals surface area contributed by atoms with Gasteiger partial charge >= 0.3 is 6.03 Å². The van der Waals surface area contributed by atoms with Crippen LogP contribution in [0.2, 0.25) is 0 Å². The van der Waals surface area contributed by atoms with Crippen LogP contribution < -0.4 is 5.32 Å². The first kappa shape index (κ1) is 14.3. The summed E-state index contributed by atoms with van der Waals surface area (Å²) in [6.45, 7) is 0.761. The second-order valence-electron chi connectivity index (χ2n) is 5.00. The van der Waals surface area contributed by atoms with Gasteiger partial charge in [0.1, 0.15) is 0 Å². The molecule has 110 valence electrons. The van der Waals surface area contributed by atoms with Crippen LogP contribution in [0.5, 0.6) is 0 Å². The predicted molar refractivity (Wildman–Crippen MR) is 87.9 cm³/mol. The summed E-state index contributed by atoms with van der Waals surface area (Å²) in [6.07, 6.45) is 8.25. The molecule has 1 atom stereocenters. The molecule has 1 fully saturated rings. The van der Waals surface area contributed by atoms with Crippen molar-refractivity contribution in [3.63, 3.8) is 0 Å². The summed E-state index contributed by atoms with van der Waals surface area (Å²) < 4.78 is 1.07. The number of anilines is 1. The molecule has 1 saturated heterocycles. The maximum Gasteiger partial charge on any atom is 0.322 e. The fraction of sp³-hybridized carbons (Fsp3) is 0.357. The molecule has 1 unspecified atom stereocenters. The van der Waals surface area contributed by atoms with Crippen LogP contribution in [0.1, 0.15) is 31.0 Å². The Balaban J connectivity index is 1.78. The van der Waals surface area contributed by atoms with Gasteiger partial charge in [0.2, 0.25) is 0 Å². The highest BCUT2D eigenvalue weighted by atomic mass is 127. The number of hydrogen-bond acceptors (Lipinski definition) is 3. The number of rotatable bonds is 2. The number of amides is 2. The molecule has 0 spiro atoms. The summed E-state index contributed by atoms with van der Waals surface area (Å²) in [7, 11) is 0. The molecule has 0 radical (unpaired) electrons. The highest BCUT2D eigenvalue weighted by Gasteiger charge is 2.30. The van der Waals surface area contributed by atoms with E-state index in [1.165, 1.54) is 0 Å². The van der Waals surface area contributed by atoms with Gasteiger partial charge in [-0.2, -0.15) is 5.10 Å². The standard InChI is InChI=1S/C14H16IN5O/c15-11-9-17-19-13(11)12-3-1-2-8-20(12)14(21)18-10-4-6-16-7-5-10/h4-7,9,12H,1-3,8H2,(H,17,19)(H,16,18,21). The van der Waals surface area contributed by atoms with Gasteiger partial charge in [0.15, 0.2) is 0 Å². The van der Waals surface area contributed by atoms with Gasteiger partial charge in [-0.25, -0.2) is 4.79 Å². The Morgan fingerprint density at radius 3 is 2.90 bits per heavy atom. The number of pyridine rings is 1. The molecule has 0 saturated carbocycles. The largest absolute Gasteiger partial charge is 0.322 e. The Bertz CT molecular complexity index is 615. The molecule has 7 heteroatoms. The van der Waals surface area contributed by atoms with Crippen LogP contribution in [0.15, 0.2) is 30.7 Å². The summed E-state index contributed by atoms with van der Waals surface area (Å²) >= 11 is 2.25. The van der Waals surface area contributed by atoms with E-state index in [2.05, 4.69) is 43.1 Å². The van der Waals surface area contributed by atoms with Crippen LogP contribution in [0.4, 0.5) is 10.5 Å². The van der Waals surface area contributed by atoms with E-state index in [0.29, 0.717) is 0 Å². The van der Waals surface area contributed by atoms with Crippen molar-refractivity contribution in [1.82, 2.24) is 20.1 Å². The van der Waals surface area contributed by atoms with Gasteiger partial charge in [0, 0.05) is 24.6 Å². The lowest BCUT2D eigenvalue weighted by Crippen LogP contribution is -2.41. The third kappa shape index (κ3) is 3.17. The van der Waals surface area contributed by atoms with Crippen molar-refractivity contribution < 1.29 is 4.79 Å². The van der Waals surface area contributed by atoms with E-state index in [4.69, 9.17) is 0 Å². The molecular formula is C14H16IN5O. The van der Waals surface area contributed by atoms with Crippen molar-refractivity contribution in [2.24, 2.45) is 0 Å². The van der Waals surface area contributed by atoms with Gasteiger partial charge in [0.25, 0.3) is 0 Å². The van der Waals surface area contributed by atoms with Crippen molar-refractivity contribution in [3.8, 4) is 0 Å². The first-order valence-electron chi connectivity index (χ1n) is 6.92. The minimum atomic E-state index is -0.0729. The molecule has 2 aromatic rings. The van der Waals surface area contributed by atoms with Crippen LogP contribution >= 0.6 is 22.6 Å². The predicted octanol–water partition coefficient (Wildman–Crippen LogP) is 3.17. The van der Waals surface area contributed by atoms with E-state index >= 15 is 0 Å². The summed E-state index contributed by atoms with van der Waals surface area (Å²) in [6, 6.07) is 3.57. The van der Waals surface area contributed by atoms with E-state index in [0.717, 1.165) is 40.8 Å². The number of carbonyl (C=O) groups is 1. The zero-order valence-electron chi connectivity index (χ0n) is 11.4. The second-order valence-corrected chi connectivity index (χ2v) is 6.16. The van der Waals surface area contributed by atoms with Crippen LogP contribution in [0, 0.1) is 3.57 Å². The molecule has 0 aromatic carbocycles. The number of nitrogens with zero attached hydrogens (tertiary/aromatic N) is 3. The summed E-state index contributed by atoms with van der Waals surface area (Å²) in [5.74, 6) is 0. The summed E-state index contributed by atoms with van der Waals surface area (Å²) in [4.78, 5) is 18.4. The molecule has 0 bridgehead atoms. The summed E-state index contributed by atoms with van der Waals surface area (Å²) in [5.41, 5.74) is 1.79. The van der Waals surface area contributed by atoms with Gasteiger partial charge in [-0.3, -0.25) is 10.1 Å². The Morgan fingerprint density at radius 2 is 2.19 bits per heavy atom. The molecule has 21 heavy (non-hydrogen) atoms. The molecule has 0 aliphatic carbocycles. The Hall–Kier alpha value is -1.64. The van der Waals surface area contributed by atoms with Crippen LogP contribution in [0.3, 0.4) is 0 Å². The lowest BCUT2D eigenvalue weighted by Gasteiger charge is -2.35. The quantitative estimate of drug-likeness (QED) is 0.765. The highest BCUT2D eigenvalue weighted by molar-refractivity contribution is 14.1. The Morgan fingerprint density at radius 1 is 1.38 bits per heavy atom. The van der Waals surface area contributed by atoms with Gasteiger partial charge < -0.3 is 10.2 Å². The number of H-pyrrole nitrogens is 1. The molecule has 1 aliphatic rings. The number of aromatic amines is 1. The molecule has 2 N–H and O–H groups in total. The number of urea groups is 1. The van der Waals surface area contributed by atoms with E-state index in [9.17, 15) is 4.79 Å². The number of nitrogens with one attached hydrogen (secondary N) is 2. The molecule has 2 amide bonds. The fourth-order valence-corrected chi connectivity index (χ4v) is 3.24. The van der Waals surface area contributed by atoms with Crippen molar-refractivity contribution in [2.45, 2.75) is 25.3 Å². The lowest BCUT2D eigenvalue weighted by molar-refractivity contribution is 0.161. The number of likely N-dealkylation sites (tertiary alicyclic amines) is 1. The third-order valence-corrected chi connectivity index (χ3v) is 4.51. The van der Waals surface area contributed by atoms with Crippen LogP contribution in [0.25, 0.3) is 0 Å². The number of hydrogen-bond donors (Lipinski definition) is 2. The zero-order valence-corrected chi connectivity index (χ0v) is 13.6. The lowest BCUT2D eigenvalue weighted by atomic mass is 10.00. The topological polar surface area (TPSA) is 73.9 Å². The van der Waals surface area contributed by atoms with Crippen LogP contribution in [-0.2, 0) is 0 Å². The Labute approximate surface area is 136 Å².